The van der Waals surface area contributed by atoms with Crippen LogP contribution in [0, 0.1) is 0 Å². The van der Waals surface area contributed by atoms with E-state index in [0.717, 1.165) is 25.0 Å². The van der Waals surface area contributed by atoms with E-state index < -0.39 is 5.54 Å². The van der Waals surface area contributed by atoms with E-state index in [9.17, 15) is 4.79 Å². The van der Waals surface area contributed by atoms with Gasteiger partial charge >= 0.3 is 0 Å². The Morgan fingerprint density at radius 3 is 2.59 bits per heavy atom. The summed E-state index contributed by atoms with van der Waals surface area (Å²) in [6, 6.07) is 0. The third kappa shape index (κ3) is 2.67. The zero-order valence-corrected chi connectivity index (χ0v) is 11.0. The number of amides is 1. The van der Waals surface area contributed by atoms with Crippen LogP contribution >= 0.6 is 0 Å². The lowest BCUT2D eigenvalue weighted by molar-refractivity contribution is -0.133. The second kappa shape index (κ2) is 5.82. The van der Waals surface area contributed by atoms with Crippen molar-refractivity contribution in [3.63, 3.8) is 0 Å². The summed E-state index contributed by atoms with van der Waals surface area (Å²) in [5.74, 6) is 0.112. The van der Waals surface area contributed by atoms with Gasteiger partial charge in [-0.25, -0.2) is 0 Å². The lowest BCUT2D eigenvalue weighted by Crippen LogP contribution is -2.54. The number of nitrogens with zero attached hydrogens (tertiary/aromatic N) is 1. The van der Waals surface area contributed by atoms with E-state index in [1.165, 1.54) is 0 Å². The molecule has 0 aromatic heterocycles. The van der Waals surface area contributed by atoms with Crippen LogP contribution in [0.4, 0.5) is 0 Å². The fraction of sp³-hybridized carbons (Fsp3) is 0.500. The third-order valence-corrected chi connectivity index (χ3v) is 3.06. The predicted molar refractivity (Wildman–Crippen MR) is 71.8 cm³/mol. The Balaban J connectivity index is 3.18. The summed E-state index contributed by atoms with van der Waals surface area (Å²) in [5, 5.41) is 3.36. The average Bonchev–Trinajstić information content (AvgIpc) is 2.78. The number of hydrogen-bond acceptors (Lipinski definition) is 2. The Kier molecular flexibility index (Phi) is 4.70. The van der Waals surface area contributed by atoms with Crippen molar-refractivity contribution in [1.82, 2.24) is 10.2 Å². The number of hydrogen-bond donors (Lipinski definition) is 1. The number of allylic oxidation sites excluding steroid dienone is 3. The quantitative estimate of drug-likeness (QED) is 0.753. The Morgan fingerprint density at radius 2 is 2.18 bits per heavy atom. The fourth-order valence-corrected chi connectivity index (χ4v) is 2.32. The van der Waals surface area contributed by atoms with Crippen molar-refractivity contribution in [3.8, 4) is 0 Å². The summed E-state index contributed by atoms with van der Waals surface area (Å²) < 4.78 is 0. The molecule has 0 saturated carbocycles. The summed E-state index contributed by atoms with van der Waals surface area (Å²) in [4.78, 5) is 14.1. The first-order valence-electron chi connectivity index (χ1n) is 6.01. The van der Waals surface area contributed by atoms with Crippen LogP contribution in [0.2, 0.25) is 0 Å². The largest absolute Gasteiger partial charge is 0.347 e. The second-order valence-corrected chi connectivity index (χ2v) is 4.49. The molecule has 1 amide bonds. The van der Waals surface area contributed by atoms with E-state index in [1.54, 1.807) is 25.1 Å². The van der Waals surface area contributed by atoms with Crippen LogP contribution in [-0.2, 0) is 4.79 Å². The molecule has 0 aromatic rings. The number of carbonyl (C=O) groups excluding carboxylic acids is 1. The molecule has 1 aliphatic heterocycles. The highest BCUT2D eigenvalue weighted by atomic mass is 16.2. The van der Waals surface area contributed by atoms with Crippen molar-refractivity contribution in [2.75, 3.05) is 20.6 Å². The molecule has 3 heteroatoms. The molecule has 17 heavy (non-hydrogen) atoms. The van der Waals surface area contributed by atoms with E-state index in [4.69, 9.17) is 0 Å². The zero-order valence-electron chi connectivity index (χ0n) is 11.0. The smallest absolute Gasteiger partial charge is 0.246 e. The molecule has 3 nitrogen and oxygen atoms in total. The maximum Gasteiger partial charge on any atom is 0.246 e. The maximum atomic E-state index is 12.4. The van der Waals surface area contributed by atoms with Crippen molar-refractivity contribution < 1.29 is 4.79 Å². The molecule has 1 rings (SSSR count). The summed E-state index contributed by atoms with van der Waals surface area (Å²) in [5.41, 5.74) is 0.427. The molecule has 1 saturated heterocycles. The van der Waals surface area contributed by atoms with Crippen molar-refractivity contribution in [3.05, 3.63) is 36.5 Å². The lowest BCUT2D eigenvalue weighted by Gasteiger charge is -2.32. The first kappa shape index (κ1) is 13.7. The maximum absolute atomic E-state index is 12.4. The van der Waals surface area contributed by atoms with E-state index in [0.29, 0.717) is 0 Å². The predicted octanol–water partition coefficient (Wildman–Crippen LogP) is 1.89. The van der Waals surface area contributed by atoms with Gasteiger partial charge in [0.15, 0.2) is 0 Å². The first-order chi connectivity index (χ1) is 8.08. The van der Waals surface area contributed by atoms with E-state index in [1.807, 2.05) is 25.2 Å². The lowest BCUT2D eigenvalue weighted by atomic mass is 9.85. The SMILES string of the molecule is C=C/C=C(\C=C/C)C1(C(=O)N(C)C)CCCN1. The average molecular weight is 234 g/mol. The van der Waals surface area contributed by atoms with Gasteiger partial charge < -0.3 is 4.90 Å². The standard InChI is InChI=1S/C14H22N2O/c1-5-8-12(9-6-2)14(10-7-11-15-14)13(17)16(3)4/h5-6,8-9,15H,1,7,10-11H2,2-4H3/b9-6-,12-8+. The summed E-state index contributed by atoms with van der Waals surface area (Å²) >= 11 is 0. The molecule has 1 atom stereocenters. The molecule has 1 N–H and O–H groups in total. The Labute approximate surface area is 104 Å². The number of nitrogens with one attached hydrogen (secondary N) is 1. The summed E-state index contributed by atoms with van der Waals surface area (Å²) in [7, 11) is 3.59. The molecule has 0 aliphatic carbocycles. The monoisotopic (exact) mass is 234 g/mol. The van der Waals surface area contributed by atoms with Crippen molar-refractivity contribution >= 4 is 5.91 Å². The van der Waals surface area contributed by atoms with Gasteiger partial charge in [0.2, 0.25) is 5.91 Å². The van der Waals surface area contributed by atoms with Gasteiger partial charge in [-0.1, -0.05) is 30.9 Å². The van der Waals surface area contributed by atoms with Gasteiger partial charge in [-0.2, -0.15) is 0 Å². The minimum atomic E-state index is -0.565. The highest BCUT2D eigenvalue weighted by Gasteiger charge is 2.43. The molecular formula is C14H22N2O. The van der Waals surface area contributed by atoms with Gasteiger partial charge in [0.05, 0.1) is 0 Å². The van der Waals surface area contributed by atoms with Crippen molar-refractivity contribution in [2.45, 2.75) is 25.3 Å². The molecule has 0 radical (unpaired) electrons. The highest BCUT2D eigenvalue weighted by molar-refractivity contribution is 5.91. The van der Waals surface area contributed by atoms with Crippen LogP contribution < -0.4 is 5.32 Å². The van der Waals surface area contributed by atoms with Crippen molar-refractivity contribution in [1.29, 1.82) is 0 Å². The molecule has 1 unspecified atom stereocenters. The third-order valence-electron chi connectivity index (χ3n) is 3.06. The Bertz CT molecular complexity index is 347. The second-order valence-electron chi connectivity index (χ2n) is 4.49. The normalized spacial score (nSPS) is 25.2. The number of carbonyl (C=O) groups is 1. The van der Waals surface area contributed by atoms with E-state index in [-0.39, 0.29) is 5.91 Å². The fourth-order valence-electron chi connectivity index (χ4n) is 2.32. The first-order valence-corrected chi connectivity index (χ1v) is 6.01. The molecule has 1 heterocycles. The molecule has 0 bridgehead atoms. The topological polar surface area (TPSA) is 32.3 Å². The molecular weight excluding hydrogens is 212 g/mol. The number of likely N-dealkylation sites (N-methyl/N-ethyl adjacent to an activating group) is 1. The zero-order chi connectivity index (χ0) is 12.9. The van der Waals surface area contributed by atoms with E-state index >= 15 is 0 Å². The minimum absolute atomic E-state index is 0.112. The summed E-state index contributed by atoms with van der Waals surface area (Å²) in [6.07, 6.45) is 9.46. The highest BCUT2D eigenvalue weighted by Crippen LogP contribution is 2.30. The van der Waals surface area contributed by atoms with Gasteiger partial charge in [-0.3, -0.25) is 10.1 Å². The molecule has 0 aromatic carbocycles. The Morgan fingerprint density at radius 1 is 1.47 bits per heavy atom. The molecule has 1 fully saturated rings. The van der Waals surface area contributed by atoms with Gasteiger partial charge in [0.25, 0.3) is 0 Å². The van der Waals surface area contributed by atoms with Gasteiger partial charge in [0.1, 0.15) is 5.54 Å². The van der Waals surface area contributed by atoms with Crippen LogP contribution in [0.1, 0.15) is 19.8 Å². The Hall–Kier alpha value is -1.35. The number of rotatable bonds is 4. The minimum Gasteiger partial charge on any atom is -0.347 e. The van der Waals surface area contributed by atoms with E-state index in [2.05, 4.69) is 11.9 Å². The molecule has 0 spiro atoms. The van der Waals surface area contributed by atoms with Gasteiger partial charge in [-0.05, 0) is 31.9 Å². The van der Waals surface area contributed by atoms with Crippen LogP contribution in [0.15, 0.2) is 36.5 Å². The van der Waals surface area contributed by atoms with Crippen LogP contribution in [0.5, 0.6) is 0 Å². The van der Waals surface area contributed by atoms with Crippen LogP contribution in [0.3, 0.4) is 0 Å². The van der Waals surface area contributed by atoms with Gasteiger partial charge in [-0.15, -0.1) is 0 Å². The molecule has 1 aliphatic rings. The molecule has 94 valence electrons. The van der Waals surface area contributed by atoms with Gasteiger partial charge in [0, 0.05) is 14.1 Å². The summed E-state index contributed by atoms with van der Waals surface area (Å²) in [6.45, 7) is 6.57. The van der Waals surface area contributed by atoms with Crippen LogP contribution in [0.25, 0.3) is 0 Å². The van der Waals surface area contributed by atoms with Crippen LogP contribution in [-0.4, -0.2) is 37.0 Å². The van der Waals surface area contributed by atoms with Crippen molar-refractivity contribution in [2.24, 2.45) is 0 Å².